The fraction of sp³-hybridized carbons (Fsp3) is 0.150. The lowest BCUT2D eigenvalue weighted by Gasteiger charge is -2.03. The molecule has 0 bridgehead atoms. The van der Waals surface area contributed by atoms with Gasteiger partial charge in [-0.3, -0.25) is 9.20 Å². The van der Waals surface area contributed by atoms with E-state index >= 15 is 0 Å². The molecule has 6 heteroatoms. The molecule has 1 amide bonds. The first-order chi connectivity index (χ1) is 12.8. The molecule has 0 saturated carbocycles. The number of benzene rings is 1. The lowest BCUT2D eigenvalue weighted by molar-refractivity contribution is -0.121. The van der Waals surface area contributed by atoms with Crippen molar-refractivity contribution in [2.24, 2.45) is 0 Å². The first kappa shape index (κ1) is 16.1. The number of carbonyl (C=O) groups excluding carboxylic acids is 1. The predicted molar refractivity (Wildman–Crippen MR) is 97.3 cm³/mol. The van der Waals surface area contributed by atoms with Crippen molar-refractivity contribution in [3.05, 3.63) is 78.4 Å². The van der Waals surface area contributed by atoms with Crippen LogP contribution in [0.3, 0.4) is 0 Å². The van der Waals surface area contributed by atoms with Gasteiger partial charge in [0.05, 0.1) is 6.54 Å². The van der Waals surface area contributed by atoms with E-state index in [4.69, 9.17) is 4.42 Å². The number of aromatic nitrogens is 3. The van der Waals surface area contributed by atoms with Crippen molar-refractivity contribution in [2.75, 3.05) is 0 Å². The van der Waals surface area contributed by atoms with Crippen molar-refractivity contribution in [3.63, 3.8) is 0 Å². The molecule has 0 aliphatic carbocycles. The summed E-state index contributed by atoms with van der Waals surface area (Å²) >= 11 is 0. The number of furan rings is 1. The summed E-state index contributed by atoms with van der Waals surface area (Å²) in [5, 5.41) is 11.1. The summed E-state index contributed by atoms with van der Waals surface area (Å²) in [6.07, 6.45) is 2.79. The van der Waals surface area contributed by atoms with E-state index < -0.39 is 0 Å². The number of fused-ring (bicyclic) bond motifs is 1. The Morgan fingerprint density at radius 3 is 2.73 bits per heavy atom. The Morgan fingerprint density at radius 1 is 1.00 bits per heavy atom. The lowest BCUT2D eigenvalue weighted by atomic mass is 10.2. The maximum absolute atomic E-state index is 12.1. The third-order valence-corrected chi connectivity index (χ3v) is 4.15. The average Bonchev–Trinajstić information content (AvgIpc) is 3.33. The van der Waals surface area contributed by atoms with Gasteiger partial charge in [0.25, 0.3) is 0 Å². The van der Waals surface area contributed by atoms with Crippen molar-refractivity contribution in [3.8, 4) is 11.3 Å². The minimum Gasteiger partial charge on any atom is -0.461 e. The Hall–Kier alpha value is -3.41. The highest BCUT2D eigenvalue weighted by Gasteiger charge is 2.09. The van der Waals surface area contributed by atoms with Crippen molar-refractivity contribution in [1.29, 1.82) is 0 Å². The predicted octanol–water partition coefficient (Wildman–Crippen LogP) is 3.24. The summed E-state index contributed by atoms with van der Waals surface area (Å²) in [4.78, 5) is 12.1. The number of rotatable bonds is 6. The number of pyridine rings is 1. The molecule has 0 unspecified atom stereocenters. The molecule has 6 nitrogen and oxygen atoms in total. The molecule has 0 fully saturated rings. The van der Waals surface area contributed by atoms with Gasteiger partial charge < -0.3 is 9.73 Å². The highest BCUT2D eigenvalue weighted by molar-refractivity contribution is 5.76. The second-order valence-electron chi connectivity index (χ2n) is 5.95. The van der Waals surface area contributed by atoms with Crippen LogP contribution in [0.25, 0.3) is 17.0 Å². The van der Waals surface area contributed by atoms with E-state index in [1.54, 1.807) is 0 Å². The van der Waals surface area contributed by atoms with Gasteiger partial charge in [0, 0.05) is 24.6 Å². The van der Waals surface area contributed by atoms with E-state index in [9.17, 15) is 4.79 Å². The minimum atomic E-state index is -0.0460. The summed E-state index contributed by atoms with van der Waals surface area (Å²) in [7, 11) is 0. The van der Waals surface area contributed by atoms with Gasteiger partial charge in [-0.1, -0.05) is 36.4 Å². The molecule has 0 saturated heterocycles. The molecule has 130 valence electrons. The fourth-order valence-corrected chi connectivity index (χ4v) is 2.78. The van der Waals surface area contributed by atoms with Gasteiger partial charge in [-0.2, -0.15) is 0 Å². The molecular weight excluding hydrogens is 328 g/mol. The normalized spacial score (nSPS) is 10.9. The summed E-state index contributed by atoms with van der Waals surface area (Å²) in [5.41, 5.74) is 1.79. The molecule has 0 radical (unpaired) electrons. The lowest BCUT2D eigenvalue weighted by Crippen LogP contribution is -2.24. The Balaban J connectivity index is 1.31. The summed E-state index contributed by atoms with van der Waals surface area (Å²) in [6.45, 7) is 0.345. The quantitative estimate of drug-likeness (QED) is 0.582. The zero-order chi connectivity index (χ0) is 17.8. The van der Waals surface area contributed by atoms with Crippen molar-refractivity contribution < 1.29 is 9.21 Å². The zero-order valence-corrected chi connectivity index (χ0v) is 14.1. The first-order valence-electron chi connectivity index (χ1n) is 8.49. The van der Waals surface area contributed by atoms with E-state index in [2.05, 4.69) is 15.5 Å². The monoisotopic (exact) mass is 346 g/mol. The maximum Gasteiger partial charge on any atom is 0.220 e. The van der Waals surface area contributed by atoms with Gasteiger partial charge in [0.2, 0.25) is 5.91 Å². The van der Waals surface area contributed by atoms with Crippen LogP contribution in [-0.4, -0.2) is 20.5 Å². The Morgan fingerprint density at radius 2 is 1.85 bits per heavy atom. The van der Waals surface area contributed by atoms with Gasteiger partial charge in [-0.05, 0) is 24.3 Å². The van der Waals surface area contributed by atoms with Crippen LogP contribution in [0.1, 0.15) is 18.0 Å². The molecule has 26 heavy (non-hydrogen) atoms. The number of carbonyl (C=O) groups is 1. The summed E-state index contributed by atoms with van der Waals surface area (Å²) < 4.78 is 7.68. The number of nitrogens with one attached hydrogen (secondary N) is 1. The molecule has 3 heterocycles. The number of amides is 1. The van der Waals surface area contributed by atoms with Crippen molar-refractivity contribution in [1.82, 2.24) is 19.9 Å². The molecule has 0 aliphatic rings. The highest BCUT2D eigenvalue weighted by Crippen LogP contribution is 2.22. The van der Waals surface area contributed by atoms with Crippen LogP contribution in [0.15, 0.2) is 71.3 Å². The molecule has 0 atom stereocenters. The van der Waals surface area contributed by atoms with Crippen LogP contribution in [0.2, 0.25) is 0 Å². The first-order valence-corrected chi connectivity index (χ1v) is 8.49. The smallest absolute Gasteiger partial charge is 0.220 e. The molecule has 0 aliphatic heterocycles. The molecule has 3 aromatic heterocycles. The van der Waals surface area contributed by atoms with Crippen LogP contribution in [0.4, 0.5) is 0 Å². The number of aryl methyl sites for hydroxylation is 1. The topological polar surface area (TPSA) is 72.4 Å². The standard InChI is InChI=1S/C20H18N4O2/c25-20(21-14-19-23-22-18-8-4-5-13-24(18)19)12-10-16-9-11-17(26-16)15-6-2-1-3-7-15/h1-9,11,13H,10,12,14H2,(H,21,25). The van der Waals surface area contributed by atoms with E-state index in [0.29, 0.717) is 25.2 Å². The fourth-order valence-electron chi connectivity index (χ4n) is 2.78. The molecule has 1 N–H and O–H groups in total. The Kier molecular flexibility index (Phi) is 4.47. The van der Waals surface area contributed by atoms with Crippen LogP contribution in [0.5, 0.6) is 0 Å². The molecule has 0 spiro atoms. The third kappa shape index (κ3) is 3.49. The summed E-state index contributed by atoms with van der Waals surface area (Å²) in [5.74, 6) is 2.27. The zero-order valence-electron chi connectivity index (χ0n) is 14.1. The van der Waals surface area contributed by atoms with E-state index in [1.165, 1.54) is 0 Å². The second-order valence-corrected chi connectivity index (χ2v) is 5.95. The number of hydrogen-bond donors (Lipinski definition) is 1. The average molecular weight is 346 g/mol. The van der Waals surface area contributed by atoms with Crippen molar-refractivity contribution >= 4 is 11.6 Å². The van der Waals surface area contributed by atoms with Crippen LogP contribution in [-0.2, 0) is 17.8 Å². The molecule has 4 rings (SSSR count). The Bertz CT molecular complexity index is 1020. The molecule has 1 aromatic carbocycles. The Labute approximate surface area is 150 Å². The SMILES string of the molecule is O=C(CCc1ccc(-c2ccccc2)o1)NCc1nnc2ccccn12. The summed E-state index contributed by atoms with van der Waals surface area (Å²) in [6, 6.07) is 19.4. The van der Waals surface area contributed by atoms with Gasteiger partial charge >= 0.3 is 0 Å². The van der Waals surface area contributed by atoms with Gasteiger partial charge in [0.15, 0.2) is 11.5 Å². The number of nitrogens with zero attached hydrogens (tertiary/aromatic N) is 3. The van der Waals surface area contributed by atoms with Crippen molar-refractivity contribution in [2.45, 2.75) is 19.4 Å². The van der Waals surface area contributed by atoms with Gasteiger partial charge in [0.1, 0.15) is 11.5 Å². The molecule has 4 aromatic rings. The highest BCUT2D eigenvalue weighted by atomic mass is 16.3. The van der Waals surface area contributed by atoms with Crippen LogP contribution in [0, 0.1) is 0 Å². The van der Waals surface area contributed by atoms with Gasteiger partial charge in [-0.15, -0.1) is 10.2 Å². The minimum absolute atomic E-state index is 0.0460. The van der Waals surface area contributed by atoms with E-state index in [-0.39, 0.29) is 5.91 Å². The van der Waals surface area contributed by atoms with Crippen LogP contribution < -0.4 is 5.32 Å². The molecular formula is C20H18N4O2. The van der Waals surface area contributed by atoms with Gasteiger partial charge in [-0.25, -0.2) is 0 Å². The van der Waals surface area contributed by atoms with E-state index in [0.717, 1.165) is 22.7 Å². The third-order valence-electron chi connectivity index (χ3n) is 4.15. The second kappa shape index (κ2) is 7.23. The van der Waals surface area contributed by atoms with Crippen LogP contribution >= 0.6 is 0 Å². The van der Waals surface area contributed by atoms with E-state index in [1.807, 2.05) is 71.3 Å². The maximum atomic E-state index is 12.1. The number of hydrogen-bond acceptors (Lipinski definition) is 4. The largest absolute Gasteiger partial charge is 0.461 e.